The van der Waals surface area contributed by atoms with Gasteiger partial charge in [-0.2, -0.15) is 0 Å². The molecule has 5 nitrogen and oxygen atoms in total. The van der Waals surface area contributed by atoms with Gasteiger partial charge in [-0.1, -0.05) is 13.8 Å². The summed E-state index contributed by atoms with van der Waals surface area (Å²) < 4.78 is 0. The molecule has 2 saturated heterocycles. The van der Waals surface area contributed by atoms with Crippen molar-refractivity contribution >= 4 is 11.7 Å². The number of amides is 1. The monoisotopic (exact) mass is 310 g/mol. The Bertz CT molecular complexity index is 381. The molecule has 0 radical (unpaired) electrons. The Kier molecular flexibility index (Phi) is 6.38. The van der Waals surface area contributed by atoms with Crippen LogP contribution in [0.25, 0.3) is 0 Å². The summed E-state index contributed by atoms with van der Waals surface area (Å²) >= 11 is 0. The third kappa shape index (κ3) is 4.53. The van der Waals surface area contributed by atoms with E-state index >= 15 is 0 Å². The second-order valence-corrected chi connectivity index (χ2v) is 7.11. The standard InChI is InChI=1S/C17H30N2O3/c1-13(2)16(21)11-18-7-3-14(4-8-18)15-5-9-19(10-6-15)17(22)12-20/h13-15,20H,3-12H2,1-2H3. The van der Waals surface area contributed by atoms with E-state index in [2.05, 4.69) is 4.90 Å². The number of aliphatic hydroxyl groups excluding tert-OH is 1. The first-order valence-electron chi connectivity index (χ1n) is 8.65. The minimum Gasteiger partial charge on any atom is -0.387 e. The summed E-state index contributed by atoms with van der Waals surface area (Å²) in [5.41, 5.74) is 0. The molecular formula is C17H30N2O3. The summed E-state index contributed by atoms with van der Waals surface area (Å²) in [4.78, 5) is 27.4. The van der Waals surface area contributed by atoms with Gasteiger partial charge < -0.3 is 10.0 Å². The minimum absolute atomic E-state index is 0.131. The van der Waals surface area contributed by atoms with E-state index in [4.69, 9.17) is 5.11 Å². The second kappa shape index (κ2) is 8.06. The molecule has 0 saturated carbocycles. The summed E-state index contributed by atoms with van der Waals surface area (Å²) in [5, 5.41) is 8.92. The number of carbonyl (C=O) groups excluding carboxylic acids is 2. The van der Waals surface area contributed by atoms with Crippen LogP contribution in [0, 0.1) is 17.8 Å². The first-order valence-corrected chi connectivity index (χ1v) is 8.65. The summed E-state index contributed by atoms with van der Waals surface area (Å²) in [5.74, 6) is 1.77. The minimum atomic E-state index is -0.368. The topological polar surface area (TPSA) is 60.9 Å². The van der Waals surface area contributed by atoms with E-state index in [1.165, 1.54) is 12.8 Å². The van der Waals surface area contributed by atoms with Gasteiger partial charge in [0.2, 0.25) is 5.91 Å². The fourth-order valence-corrected chi connectivity index (χ4v) is 3.71. The van der Waals surface area contributed by atoms with Crippen LogP contribution in [0.5, 0.6) is 0 Å². The van der Waals surface area contributed by atoms with E-state index < -0.39 is 0 Å². The van der Waals surface area contributed by atoms with Gasteiger partial charge in [-0.05, 0) is 50.6 Å². The molecule has 1 N–H and O–H groups in total. The fourth-order valence-electron chi connectivity index (χ4n) is 3.71. The van der Waals surface area contributed by atoms with Gasteiger partial charge in [-0.25, -0.2) is 0 Å². The number of hydrogen-bond acceptors (Lipinski definition) is 4. The maximum absolute atomic E-state index is 11.8. The van der Waals surface area contributed by atoms with Gasteiger partial charge in [0.05, 0.1) is 6.54 Å². The summed E-state index contributed by atoms with van der Waals surface area (Å²) in [6.07, 6.45) is 4.45. The van der Waals surface area contributed by atoms with Crippen molar-refractivity contribution in [2.75, 3.05) is 39.3 Å². The lowest BCUT2D eigenvalue weighted by Crippen LogP contribution is -2.44. The number of likely N-dealkylation sites (tertiary alicyclic amines) is 2. The molecule has 2 fully saturated rings. The van der Waals surface area contributed by atoms with Crippen LogP contribution in [0.4, 0.5) is 0 Å². The third-order valence-electron chi connectivity index (χ3n) is 5.35. The number of nitrogens with zero attached hydrogens (tertiary/aromatic N) is 2. The average molecular weight is 310 g/mol. The van der Waals surface area contributed by atoms with Crippen LogP contribution in [0.3, 0.4) is 0 Å². The number of carbonyl (C=O) groups is 2. The highest BCUT2D eigenvalue weighted by Gasteiger charge is 2.31. The largest absolute Gasteiger partial charge is 0.387 e. The molecule has 0 aromatic carbocycles. The smallest absolute Gasteiger partial charge is 0.248 e. The molecule has 126 valence electrons. The van der Waals surface area contributed by atoms with Gasteiger partial charge in [0.25, 0.3) is 0 Å². The Balaban J connectivity index is 1.72. The number of rotatable bonds is 5. The van der Waals surface area contributed by atoms with Crippen molar-refractivity contribution < 1.29 is 14.7 Å². The molecule has 2 aliphatic rings. The molecule has 0 aromatic heterocycles. The van der Waals surface area contributed by atoms with Crippen molar-refractivity contribution in [3.8, 4) is 0 Å². The zero-order valence-electron chi connectivity index (χ0n) is 14.0. The SMILES string of the molecule is CC(C)C(=O)CN1CCC(C2CCN(C(=O)CO)CC2)CC1. The summed E-state index contributed by atoms with van der Waals surface area (Å²) in [6.45, 7) is 7.80. The van der Waals surface area contributed by atoms with Crippen molar-refractivity contribution in [2.45, 2.75) is 39.5 Å². The van der Waals surface area contributed by atoms with E-state index in [-0.39, 0.29) is 18.4 Å². The molecule has 2 rings (SSSR count). The fraction of sp³-hybridized carbons (Fsp3) is 0.882. The Morgan fingerprint density at radius 1 is 1.00 bits per heavy atom. The Morgan fingerprint density at radius 2 is 1.50 bits per heavy atom. The summed E-state index contributed by atoms with van der Waals surface area (Å²) in [6, 6.07) is 0. The van der Waals surface area contributed by atoms with Crippen molar-refractivity contribution in [3.63, 3.8) is 0 Å². The van der Waals surface area contributed by atoms with Crippen LogP contribution >= 0.6 is 0 Å². The highest BCUT2D eigenvalue weighted by molar-refractivity contribution is 5.82. The number of piperidine rings is 2. The van der Waals surface area contributed by atoms with Gasteiger partial charge in [0, 0.05) is 19.0 Å². The lowest BCUT2D eigenvalue weighted by molar-refractivity contribution is -0.135. The first-order chi connectivity index (χ1) is 10.5. The molecule has 0 bridgehead atoms. The predicted molar refractivity (Wildman–Crippen MR) is 85.4 cm³/mol. The maximum Gasteiger partial charge on any atom is 0.248 e. The van der Waals surface area contributed by atoms with Crippen LogP contribution in [0.1, 0.15) is 39.5 Å². The third-order valence-corrected chi connectivity index (χ3v) is 5.35. The molecule has 0 aliphatic carbocycles. The lowest BCUT2D eigenvalue weighted by Gasteiger charge is -2.40. The molecule has 0 aromatic rings. The van der Waals surface area contributed by atoms with Crippen LogP contribution in [0.2, 0.25) is 0 Å². The number of ketones is 1. The molecule has 2 aliphatic heterocycles. The zero-order valence-corrected chi connectivity index (χ0v) is 14.0. The number of Topliss-reactive ketones (excluding diaryl/α,β-unsaturated/α-hetero) is 1. The van der Waals surface area contributed by atoms with E-state index in [0.717, 1.165) is 44.9 Å². The normalized spacial score (nSPS) is 22.3. The van der Waals surface area contributed by atoms with Gasteiger partial charge in [-0.15, -0.1) is 0 Å². The van der Waals surface area contributed by atoms with E-state index in [0.29, 0.717) is 18.2 Å². The lowest BCUT2D eigenvalue weighted by atomic mass is 9.78. The highest BCUT2D eigenvalue weighted by atomic mass is 16.3. The molecule has 1 amide bonds. The van der Waals surface area contributed by atoms with Crippen LogP contribution in [-0.4, -0.2) is 65.9 Å². The number of hydrogen-bond donors (Lipinski definition) is 1. The molecular weight excluding hydrogens is 280 g/mol. The van der Waals surface area contributed by atoms with E-state index in [1.807, 2.05) is 13.8 Å². The van der Waals surface area contributed by atoms with Crippen LogP contribution < -0.4 is 0 Å². The highest BCUT2D eigenvalue weighted by Crippen LogP contribution is 2.32. The van der Waals surface area contributed by atoms with Crippen molar-refractivity contribution in [1.29, 1.82) is 0 Å². The van der Waals surface area contributed by atoms with Gasteiger partial charge in [0.15, 0.2) is 0 Å². The molecule has 5 heteroatoms. The molecule has 2 heterocycles. The zero-order chi connectivity index (χ0) is 16.1. The molecule has 0 atom stereocenters. The van der Waals surface area contributed by atoms with Crippen molar-refractivity contribution in [3.05, 3.63) is 0 Å². The van der Waals surface area contributed by atoms with Crippen LogP contribution in [0.15, 0.2) is 0 Å². The van der Waals surface area contributed by atoms with E-state index in [9.17, 15) is 9.59 Å². The van der Waals surface area contributed by atoms with Crippen molar-refractivity contribution in [1.82, 2.24) is 9.80 Å². The van der Waals surface area contributed by atoms with Gasteiger partial charge in [-0.3, -0.25) is 14.5 Å². The molecule has 0 spiro atoms. The Hall–Kier alpha value is -0.940. The molecule has 0 unspecified atom stereocenters. The predicted octanol–water partition coefficient (Wildman–Crippen LogP) is 1.15. The Labute approximate surface area is 133 Å². The van der Waals surface area contributed by atoms with Gasteiger partial charge in [0.1, 0.15) is 12.4 Å². The molecule has 22 heavy (non-hydrogen) atoms. The first kappa shape index (κ1) is 17.4. The van der Waals surface area contributed by atoms with Crippen LogP contribution in [-0.2, 0) is 9.59 Å². The maximum atomic E-state index is 11.8. The average Bonchev–Trinajstić information content (AvgIpc) is 2.55. The number of aliphatic hydroxyl groups is 1. The Morgan fingerprint density at radius 3 is 1.95 bits per heavy atom. The summed E-state index contributed by atoms with van der Waals surface area (Å²) in [7, 11) is 0. The van der Waals surface area contributed by atoms with E-state index in [1.54, 1.807) is 4.90 Å². The quantitative estimate of drug-likeness (QED) is 0.827. The van der Waals surface area contributed by atoms with Crippen molar-refractivity contribution in [2.24, 2.45) is 17.8 Å². The second-order valence-electron chi connectivity index (χ2n) is 7.11. The van der Waals surface area contributed by atoms with Gasteiger partial charge >= 0.3 is 0 Å².